The van der Waals surface area contributed by atoms with Crippen LogP contribution in [0.5, 0.6) is 0 Å². The molecule has 400 valence electrons. The van der Waals surface area contributed by atoms with Gasteiger partial charge in [-0.3, -0.25) is 23.9 Å². The lowest BCUT2D eigenvalue weighted by molar-refractivity contribution is 0.598. The summed E-state index contributed by atoms with van der Waals surface area (Å²) in [6.45, 7) is 12.0. The van der Waals surface area contributed by atoms with E-state index in [9.17, 15) is 33.7 Å². The standard InChI is InChI=1S/C26H27N5O4S2.C26H32N4O4S2.2ClH/c32-36(33,22-9-2-1-3-10-22)30-24-19-21(31-17-6-14-27-16-18-31)12-13-23(24)29-37(34,35)25-11-4-7-20-8-5-15-28-26(20)25;1-19-16-20(2)26(21(3)17-19)36(33,34)28-24-11-10-22(30-14-7-12-27-13-15-30)18-25(24)29-35(31,32)23-8-5-4-6-9-23;;/h1-5,7-13,15,19,27,29-30H,6,14,16-18H2;4-6,8-11,16-18,27-29H,7,12-15H2,1-3H3;2*1H. The van der Waals surface area contributed by atoms with E-state index in [4.69, 9.17) is 0 Å². The monoisotopic (exact) mass is 1140 g/mol. The molecular formula is C52H61Cl2N9O8S4. The van der Waals surface area contributed by atoms with E-state index in [0.717, 1.165) is 82.1 Å². The summed E-state index contributed by atoms with van der Waals surface area (Å²) in [4.78, 5) is 8.92. The fourth-order valence-corrected chi connectivity index (χ4v) is 13.9. The molecule has 6 N–H and O–H groups in total. The molecule has 6 aromatic carbocycles. The quantitative estimate of drug-likeness (QED) is 0.0601. The first-order valence-corrected chi connectivity index (χ1v) is 29.7. The lowest BCUT2D eigenvalue weighted by Gasteiger charge is -2.24. The summed E-state index contributed by atoms with van der Waals surface area (Å²) in [6, 6.07) is 38.2. The molecular weight excluding hydrogens is 1080 g/mol. The number of nitrogens with one attached hydrogen (secondary N) is 6. The van der Waals surface area contributed by atoms with Gasteiger partial charge in [0.2, 0.25) is 0 Å². The van der Waals surface area contributed by atoms with Gasteiger partial charge >= 0.3 is 0 Å². The van der Waals surface area contributed by atoms with Gasteiger partial charge < -0.3 is 20.4 Å². The fraction of sp³-hybridized carbons (Fsp3) is 0.250. The minimum atomic E-state index is -4.10. The third-order valence-corrected chi connectivity index (χ3v) is 18.1. The van der Waals surface area contributed by atoms with Crippen LogP contribution in [0.25, 0.3) is 10.9 Å². The topological polar surface area (TPSA) is 228 Å². The van der Waals surface area contributed by atoms with E-state index >= 15 is 0 Å². The second kappa shape index (κ2) is 25.1. The van der Waals surface area contributed by atoms with Crippen molar-refractivity contribution in [1.29, 1.82) is 0 Å². The molecule has 0 bridgehead atoms. The number of para-hydroxylation sites is 1. The van der Waals surface area contributed by atoms with E-state index in [1.54, 1.807) is 105 Å². The SMILES string of the molecule is Cc1cc(C)c(S(=O)(=O)Nc2ccc(N3CCCNCC3)cc2NS(=O)(=O)c2ccccc2)c(C)c1.Cl.Cl.O=S(=O)(Nc1cc(N2CCCNCC2)ccc1NS(=O)(=O)c1cccc2cccnc12)c1ccccc1. The first-order chi connectivity index (χ1) is 34.9. The number of hydrogen-bond acceptors (Lipinski definition) is 13. The van der Waals surface area contributed by atoms with Crippen LogP contribution in [0.15, 0.2) is 165 Å². The highest BCUT2D eigenvalue weighted by Gasteiger charge is 2.26. The molecule has 2 saturated heterocycles. The maximum Gasteiger partial charge on any atom is 0.264 e. The minimum absolute atomic E-state index is 0. The average molecular weight is 1140 g/mol. The Morgan fingerprint density at radius 2 is 0.907 bits per heavy atom. The third-order valence-electron chi connectivity index (χ3n) is 12.3. The van der Waals surface area contributed by atoms with E-state index in [1.807, 2.05) is 25.1 Å². The molecule has 75 heavy (non-hydrogen) atoms. The lowest BCUT2D eigenvalue weighted by atomic mass is 10.1. The number of sulfonamides is 4. The van der Waals surface area contributed by atoms with Crippen molar-refractivity contribution in [3.63, 3.8) is 0 Å². The minimum Gasteiger partial charge on any atom is -0.370 e. The maximum atomic E-state index is 13.5. The van der Waals surface area contributed by atoms with Crippen molar-refractivity contribution in [2.75, 3.05) is 81.0 Å². The molecule has 2 aliphatic rings. The van der Waals surface area contributed by atoms with Gasteiger partial charge in [-0.05, 0) is 131 Å². The number of rotatable bonds is 14. The fourth-order valence-electron chi connectivity index (χ4n) is 8.90. The van der Waals surface area contributed by atoms with Crippen molar-refractivity contribution in [3.05, 3.63) is 162 Å². The highest BCUT2D eigenvalue weighted by atomic mass is 35.5. The Labute approximate surface area is 453 Å². The van der Waals surface area contributed by atoms with Crippen molar-refractivity contribution >= 4 is 110 Å². The molecule has 1 aromatic heterocycles. The lowest BCUT2D eigenvalue weighted by Crippen LogP contribution is -2.28. The van der Waals surface area contributed by atoms with Crippen molar-refractivity contribution in [2.45, 2.75) is 53.2 Å². The number of fused-ring (bicyclic) bond motifs is 1. The molecule has 9 rings (SSSR count). The molecule has 0 spiro atoms. The van der Waals surface area contributed by atoms with E-state index in [0.29, 0.717) is 22.0 Å². The predicted molar refractivity (Wildman–Crippen MR) is 305 cm³/mol. The number of nitrogens with zero attached hydrogens (tertiary/aromatic N) is 3. The Morgan fingerprint density at radius 3 is 1.40 bits per heavy atom. The second-order valence-electron chi connectivity index (χ2n) is 17.7. The number of pyridine rings is 1. The molecule has 23 heteroatoms. The molecule has 0 amide bonds. The van der Waals surface area contributed by atoms with Gasteiger partial charge in [0.1, 0.15) is 4.90 Å². The Kier molecular flexibility index (Phi) is 19.5. The van der Waals surface area contributed by atoms with Crippen molar-refractivity contribution in [2.24, 2.45) is 0 Å². The summed E-state index contributed by atoms with van der Waals surface area (Å²) in [5, 5.41) is 7.38. The van der Waals surface area contributed by atoms with Crippen molar-refractivity contribution in [3.8, 4) is 0 Å². The highest BCUT2D eigenvalue weighted by molar-refractivity contribution is 7.94. The van der Waals surface area contributed by atoms with Crippen LogP contribution >= 0.6 is 24.8 Å². The number of aryl methyl sites for hydroxylation is 3. The van der Waals surface area contributed by atoms with Gasteiger partial charge in [0.05, 0.1) is 43.0 Å². The second-order valence-corrected chi connectivity index (χ2v) is 24.4. The zero-order valence-electron chi connectivity index (χ0n) is 41.5. The van der Waals surface area contributed by atoms with Gasteiger partial charge in [0.25, 0.3) is 40.1 Å². The molecule has 0 unspecified atom stereocenters. The largest absolute Gasteiger partial charge is 0.370 e. The van der Waals surface area contributed by atoms with Gasteiger partial charge in [0.15, 0.2) is 0 Å². The zero-order chi connectivity index (χ0) is 51.8. The van der Waals surface area contributed by atoms with E-state index in [2.05, 4.69) is 44.3 Å². The van der Waals surface area contributed by atoms with E-state index in [1.165, 1.54) is 36.5 Å². The molecule has 0 radical (unpaired) electrons. The van der Waals surface area contributed by atoms with E-state index < -0.39 is 40.1 Å². The first kappa shape index (κ1) is 58.1. The Hall–Kier alpha value is -6.17. The van der Waals surface area contributed by atoms with Crippen LogP contribution in [-0.4, -0.2) is 91.0 Å². The summed E-state index contributed by atoms with van der Waals surface area (Å²) >= 11 is 0. The molecule has 7 aromatic rings. The Morgan fingerprint density at radius 1 is 0.453 bits per heavy atom. The normalized spacial score (nSPS) is 14.4. The van der Waals surface area contributed by atoms with Crippen LogP contribution < -0.4 is 39.3 Å². The Bertz CT molecular complexity index is 3520. The van der Waals surface area contributed by atoms with Gasteiger partial charge in [-0.15, -0.1) is 24.8 Å². The number of halogens is 2. The van der Waals surface area contributed by atoms with Crippen LogP contribution in [0, 0.1) is 20.8 Å². The summed E-state index contributed by atoms with van der Waals surface area (Å²) in [6.07, 6.45) is 3.42. The maximum absolute atomic E-state index is 13.5. The van der Waals surface area contributed by atoms with Gasteiger partial charge in [0, 0.05) is 62.2 Å². The van der Waals surface area contributed by atoms with Crippen LogP contribution in [0.2, 0.25) is 0 Å². The van der Waals surface area contributed by atoms with Gasteiger partial charge in [-0.25, -0.2) is 33.7 Å². The Balaban J connectivity index is 0.000000238. The summed E-state index contributed by atoms with van der Waals surface area (Å²) in [7, 11) is -16.0. The smallest absolute Gasteiger partial charge is 0.264 e. The summed E-state index contributed by atoms with van der Waals surface area (Å²) in [5.74, 6) is 0. The summed E-state index contributed by atoms with van der Waals surface area (Å²) in [5.41, 5.74) is 4.73. The predicted octanol–water partition coefficient (Wildman–Crippen LogP) is 8.49. The van der Waals surface area contributed by atoms with Crippen molar-refractivity contribution < 1.29 is 33.7 Å². The zero-order valence-corrected chi connectivity index (χ0v) is 46.4. The molecule has 2 fully saturated rings. The first-order valence-electron chi connectivity index (χ1n) is 23.7. The number of benzene rings is 6. The van der Waals surface area contributed by atoms with Gasteiger partial charge in [-0.2, -0.15) is 0 Å². The highest BCUT2D eigenvalue weighted by Crippen LogP contribution is 2.35. The summed E-state index contributed by atoms with van der Waals surface area (Å²) < 4.78 is 117. The van der Waals surface area contributed by atoms with Crippen LogP contribution in [0.3, 0.4) is 0 Å². The van der Waals surface area contributed by atoms with Crippen LogP contribution in [0.4, 0.5) is 34.1 Å². The molecule has 0 atom stereocenters. The average Bonchev–Trinajstić information content (AvgIpc) is 3.82. The van der Waals surface area contributed by atoms with Crippen LogP contribution in [0.1, 0.15) is 29.5 Å². The number of anilines is 6. The molecule has 0 saturated carbocycles. The van der Waals surface area contributed by atoms with Crippen LogP contribution in [-0.2, 0) is 40.1 Å². The molecule has 17 nitrogen and oxygen atoms in total. The van der Waals surface area contributed by atoms with Gasteiger partial charge in [-0.1, -0.05) is 72.3 Å². The number of hydrogen-bond donors (Lipinski definition) is 6. The van der Waals surface area contributed by atoms with Crippen molar-refractivity contribution in [1.82, 2.24) is 15.6 Å². The number of aromatic nitrogens is 1. The third kappa shape index (κ3) is 14.4. The molecule has 0 aliphatic carbocycles. The molecule has 2 aliphatic heterocycles. The van der Waals surface area contributed by atoms with E-state index in [-0.39, 0.29) is 67.1 Å². The molecule has 3 heterocycles.